The van der Waals surface area contributed by atoms with Gasteiger partial charge in [-0.05, 0) is 57.6 Å². The highest BCUT2D eigenvalue weighted by Gasteiger charge is 2.21. The lowest BCUT2D eigenvalue weighted by Crippen LogP contribution is -2.35. The van der Waals surface area contributed by atoms with E-state index in [4.69, 9.17) is 0 Å². The number of halogens is 2. The average Bonchev–Trinajstić information content (AvgIpc) is 3.03. The van der Waals surface area contributed by atoms with Crippen molar-refractivity contribution in [3.63, 3.8) is 0 Å². The number of fused-ring (bicyclic) bond motifs is 1. The molecule has 0 fully saturated rings. The SMILES string of the molecule is O=C(CCC(=O)N1CCc2sccc2C1)Nc1ccc(Br)cc1Br. The van der Waals surface area contributed by atoms with Crippen LogP contribution in [0.5, 0.6) is 0 Å². The van der Waals surface area contributed by atoms with Crippen LogP contribution in [0.15, 0.2) is 38.6 Å². The first kappa shape index (κ1) is 17.6. The minimum absolute atomic E-state index is 0.0388. The second kappa shape index (κ2) is 7.80. The van der Waals surface area contributed by atoms with Crippen LogP contribution in [0.3, 0.4) is 0 Å². The molecule has 0 saturated carbocycles. The number of amides is 2. The molecule has 1 aromatic heterocycles. The maximum atomic E-state index is 12.3. The third-order valence-corrected chi connectivity index (χ3v) is 6.10. The summed E-state index contributed by atoms with van der Waals surface area (Å²) in [7, 11) is 0. The van der Waals surface area contributed by atoms with Crippen molar-refractivity contribution >= 4 is 60.7 Å². The fourth-order valence-corrected chi connectivity index (χ4v) is 4.68. The molecule has 126 valence electrons. The van der Waals surface area contributed by atoms with Gasteiger partial charge < -0.3 is 10.2 Å². The van der Waals surface area contributed by atoms with E-state index in [0.717, 1.165) is 21.9 Å². The van der Waals surface area contributed by atoms with Crippen LogP contribution < -0.4 is 5.32 Å². The first-order valence-corrected chi connectivity index (χ1v) is 10.1. The Morgan fingerprint density at radius 1 is 1.21 bits per heavy atom. The minimum Gasteiger partial charge on any atom is -0.338 e. The molecule has 2 aromatic rings. The molecule has 1 N–H and O–H groups in total. The molecule has 4 nitrogen and oxygen atoms in total. The highest BCUT2D eigenvalue weighted by Crippen LogP contribution is 2.27. The molecule has 24 heavy (non-hydrogen) atoms. The van der Waals surface area contributed by atoms with E-state index in [2.05, 4.69) is 48.6 Å². The number of hydrogen-bond acceptors (Lipinski definition) is 3. The van der Waals surface area contributed by atoms with Crippen LogP contribution in [-0.2, 0) is 22.6 Å². The molecule has 3 rings (SSSR count). The monoisotopic (exact) mass is 470 g/mol. The summed E-state index contributed by atoms with van der Waals surface area (Å²) >= 11 is 8.53. The molecule has 1 aliphatic heterocycles. The Bertz CT molecular complexity index is 776. The van der Waals surface area contributed by atoms with E-state index in [-0.39, 0.29) is 24.7 Å². The summed E-state index contributed by atoms with van der Waals surface area (Å²) in [6.07, 6.45) is 1.34. The van der Waals surface area contributed by atoms with Gasteiger partial charge in [-0.1, -0.05) is 15.9 Å². The molecular formula is C17H16Br2N2O2S. The standard InChI is InChI=1S/C17H16Br2N2O2S/c18-12-1-2-14(13(19)9-12)20-16(22)3-4-17(23)21-7-5-15-11(10-21)6-8-24-15/h1-2,6,8-9H,3-5,7,10H2,(H,20,22). The van der Waals surface area contributed by atoms with E-state index in [1.54, 1.807) is 11.3 Å². The van der Waals surface area contributed by atoms with Gasteiger partial charge in [-0.25, -0.2) is 0 Å². The predicted molar refractivity (Wildman–Crippen MR) is 103 cm³/mol. The Labute approximate surface area is 161 Å². The highest BCUT2D eigenvalue weighted by molar-refractivity contribution is 9.11. The largest absolute Gasteiger partial charge is 0.338 e. The van der Waals surface area contributed by atoms with Crippen molar-refractivity contribution in [2.45, 2.75) is 25.8 Å². The lowest BCUT2D eigenvalue weighted by molar-refractivity contribution is -0.133. The van der Waals surface area contributed by atoms with Crippen molar-refractivity contribution in [1.82, 2.24) is 4.90 Å². The Hall–Kier alpha value is -1.18. The van der Waals surface area contributed by atoms with Gasteiger partial charge in [-0.2, -0.15) is 0 Å². The molecule has 2 amide bonds. The van der Waals surface area contributed by atoms with Gasteiger partial charge in [-0.15, -0.1) is 11.3 Å². The minimum atomic E-state index is -0.153. The molecule has 1 aliphatic rings. The number of benzene rings is 1. The third kappa shape index (κ3) is 4.26. The summed E-state index contributed by atoms with van der Waals surface area (Å²) in [5, 5.41) is 4.90. The molecule has 0 radical (unpaired) electrons. The van der Waals surface area contributed by atoms with Gasteiger partial charge >= 0.3 is 0 Å². The van der Waals surface area contributed by atoms with Crippen molar-refractivity contribution in [3.05, 3.63) is 49.0 Å². The molecule has 0 aliphatic carbocycles. The Morgan fingerprint density at radius 3 is 2.83 bits per heavy atom. The maximum Gasteiger partial charge on any atom is 0.224 e. The van der Waals surface area contributed by atoms with Crippen molar-refractivity contribution < 1.29 is 9.59 Å². The molecule has 0 bridgehead atoms. The van der Waals surface area contributed by atoms with Crippen LogP contribution in [0.25, 0.3) is 0 Å². The fraction of sp³-hybridized carbons (Fsp3) is 0.294. The molecule has 0 unspecified atom stereocenters. The van der Waals surface area contributed by atoms with Gasteiger partial charge in [0, 0.05) is 39.8 Å². The molecule has 0 atom stereocenters. The van der Waals surface area contributed by atoms with Gasteiger partial charge in [0.2, 0.25) is 11.8 Å². The summed E-state index contributed by atoms with van der Waals surface area (Å²) in [4.78, 5) is 27.6. The zero-order valence-corrected chi connectivity index (χ0v) is 16.8. The molecule has 0 saturated heterocycles. The second-order valence-electron chi connectivity index (χ2n) is 5.61. The zero-order chi connectivity index (χ0) is 17.1. The van der Waals surface area contributed by atoms with E-state index in [0.29, 0.717) is 12.2 Å². The zero-order valence-electron chi connectivity index (χ0n) is 12.9. The predicted octanol–water partition coefficient (Wildman–Crippen LogP) is 4.58. The molecular weight excluding hydrogens is 456 g/mol. The first-order chi connectivity index (χ1) is 11.5. The summed E-state index contributed by atoms with van der Waals surface area (Å²) in [5.74, 6) is -0.114. The van der Waals surface area contributed by atoms with E-state index in [1.165, 1.54) is 10.4 Å². The van der Waals surface area contributed by atoms with Crippen molar-refractivity contribution in [1.29, 1.82) is 0 Å². The van der Waals surface area contributed by atoms with Gasteiger partial charge in [0.25, 0.3) is 0 Å². The quantitative estimate of drug-likeness (QED) is 0.709. The van der Waals surface area contributed by atoms with E-state index >= 15 is 0 Å². The van der Waals surface area contributed by atoms with Crippen LogP contribution in [-0.4, -0.2) is 23.3 Å². The summed E-state index contributed by atoms with van der Waals surface area (Å²) in [5.41, 5.74) is 1.94. The second-order valence-corrected chi connectivity index (χ2v) is 8.38. The molecule has 7 heteroatoms. The maximum absolute atomic E-state index is 12.3. The van der Waals surface area contributed by atoms with Gasteiger partial charge in [0.15, 0.2) is 0 Å². The Morgan fingerprint density at radius 2 is 2.04 bits per heavy atom. The van der Waals surface area contributed by atoms with E-state index in [1.807, 2.05) is 23.1 Å². The molecule has 1 aromatic carbocycles. The van der Waals surface area contributed by atoms with Crippen molar-refractivity contribution in [3.8, 4) is 0 Å². The number of thiophene rings is 1. The summed E-state index contributed by atoms with van der Waals surface area (Å²) < 4.78 is 1.73. The van der Waals surface area contributed by atoms with Crippen LogP contribution in [0, 0.1) is 0 Å². The number of nitrogens with zero attached hydrogens (tertiary/aromatic N) is 1. The number of rotatable bonds is 4. The number of carbonyl (C=O) groups is 2. The third-order valence-electron chi connectivity index (χ3n) is 3.93. The normalized spacial score (nSPS) is 13.5. The highest BCUT2D eigenvalue weighted by atomic mass is 79.9. The summed E-state index contributed by atoms with van der Waals surface area (Å²) in [6, 6.07) is 7.62. The van der Waals surface area contributed by atoms with Crippen LogP contribution >= 0.6 is 43.2 Å². The topological polar surface area (TPSA) is 49.4 Å². The van der Waals surface area contributed by atoms with Crippen molar-refractivity contribution in [2.24, 2.45) is 0 Å². The van der Waals surface area contributed by atoms with Crippen LogP contribution in [0.2, 0.25) is 0 Å². The molecule has 2 heterocycles. The van der Waals surface area contributed by atoms with Crippen LogP contribution in [0.1, 0.15) is 23.3 Å². The lowest BCUT2D eigenvalue weighted by Gasteiger charge is -2.27. The van der Waals surface area contributed by atoms with Gasteiger partial charge in [0.1, 0.15) is 0 Å². The molecule has 0 spiro atoms. The number of hydrogen-bond donors (Lipinski definition) is 1. The van der Waals surface area contributed by atoms with Crippen LogP contribution in [0.4, 0.5) is 5.69 Å². The van der Waals surface area contributed by atoms with E-state index < -0.39 is 0 Å². The summed E-state index contributed by atoms with van der Waals surface area (Å²) in [6.45, 7) is 1.41. The average molecular weight is 472 g/mol. The Balaban J connectivity index is 1.50. The number of carbonyl (C=O) groups excluding carboxylic acids is 2. The fourth-order valence-electron chi connectivity index (χ4n) is 2.64. The Kier molecular flexibility index (Phi) is 5.73. The number of nitrogens with one attached hydrogen (secondary N) is 1. The van der Waals surface area contributed by atoms with E-state index in [9.17, 15) is 9.59 Å². The number of anilines is 1. The lowest BCUT2D eigenvalue weighted by atomic mass is 10.1. The first-order valence-electron chi connectivity index (χ1n) is 7.61. The van der Waals surface area contributed by atoms with Gasteiger partial charge in [0.05, 0.1) is 5.69 Å². The smallest absolute Gasteiger partial charge is 0.224 e. The van der Waals surface area contributed by atoms with Gasteiger partial charge in [-0.3, -0.25) is 9.59 Å². The van der Waals surface area contributed by atoms with Crippen molar-refractivity contribution in [2.75, 3.05) is 11.9 Å².